The molecule has 1 aliphatic heterocycles. The van der Waals surface area contributed by atoms with Crippen molar-refractivity contribution in [1.29, 1.82) is 0 Å². The van der Waals surface area contributed by atoms with Crippen molar-refractivity contribution in [3.63, 3.8) is 0 Å². The van der Waals surface area contributed by atoms with Gasteiger partial charge in [0.1, 0.15) is 5.75 Å². The average molecular weight is 369 g/mol. The van der Waals surface area contributed by atoms with Crippen molar-refractivity contribution in [3.05, 3.63) is 41.7 Å². The minimum atomic E-state index is -0.160. The van der Waals surface area contributed by atoms with Crippen molar-refractivity contribution in [3.8, 4) is 5.75 Å². The Morgan fingerprint density at radius 2 is 2.04 bits per heavy atom. The van der Waals surface area contributed by atoms with Gasteiger partial charge in [-0.2, -0.15) is 0 Å². The van der Waals surface area contributed by atoms with Gasteiger partial charge in [-0.25, -0.2) is 4.68 Å². The summed E-state index contributed by atoms with van der Waals surface area (Å²) in [6, 6.07) is 8.71. The molecule has 0 spiro atoms. The van der Waals surface area contributed by atoms with Gasteiger partial charge in [-0.1, -0.05) is 23.4 Å². The van der Waals surface area contributed by atoms with Crippen LogP contribution in [-0.2, 0) is 6.42 Å². The van der Waals surface area contributed by atoms with Gasteiger partial charge in [0, 0.05) is 12.6 Å². The minimum absolute atomic E-state index is 0.160. The highest BCUT2D eigenvalue weighted by Crippen LogP contribution is 2.27. The van der Waals surface area contributed by atoms with Gasteiger partial charge in [0.15, 0.2) is 5.69 Å². The van der Waals surface area contributed by atoms with Crippen LogP contribution < -0.4 is 15.8 Å². The van der Waals surface area contributed by atoms with Crippen LogP contribution in [0.4, 0.5) is 0 Å². The van der Waals surface area contributed by atoms with Gasteiger partial charge in [0.25, 0.3) is 5.91 Å². The number of benzene rings is 1. The first kappa shape index (κ1) is 18.0. The van der Waals surface area contributed by atoms with Gasteiger partial charge in [-0.15, -0.1) is 5.10 Å². The highest BCUT2D eigenvalue weighted by Gasteiger charge is 2.23. The van der Waals surface area contributed by atoms with Crippen LogP contribution in [0.2, 0.25) is 0 Å². The van der Waals surface area contributed by atoms with Crippen LogP contribution in [0, 0.1) is 5.92 Å². The van der Waals surface area contributed by atoms with Gasteiger partial charge in [0.05, 0.1) is 18.8 Å². The molecule has 1 aromatic carbocycles. The summed E-state index contributed by atoms with van der Waals surface area (Å²) < 4.78 is 7.63. The summed E-state index contributed by atoms with van der Waals surface area (Å²) in [5, 5.41) is 11.3. The van der Waals surface area contributed by atoms with Crippen molar-refractivity contribution in [2.45, 2.75) is 50.6 Å². The Morgan fingerprint density at radius 3 is 2.89 bits per heavy atom. The predicted octanol–water partition coefficient (Wildman–Crippen LogP) is 2.09. The van der Waals surface area contributed by atoms with E-state index in [-0.39, 0.29) is 5.91 Å². The number of hydrogen-bond acceptors (Lipinski definition) is 5. The standard InChI is InChI=1S/C20H27N5O2/c21-16-5-7-17(8-6-16)25-13-18(23-24-25)20(26)22-12-14-9-10-27-19-4-2-1-3-15(19)11-14/h1-4,13-14,16-17H,5-12,21H2,(H,22,26). The van der Waals surface area contributed by atoms with E-state index < -0.39 is 0 Å². The smallest absolute Gasteiger partial charge is 0.273 e. The van der Waals surface area contributed by atoms with Crippen molar-refractivity contribution < 1.29 is 9.53 Å². The third-order valence-electron chi connectivity index (χ3n) is 5.67. The fourth-order valence-corrected chi connectivity index (χ4v) is 3.99. The summed E-state index contributed by atoms with van der Waals surface area (Å²) in [6.45, 7) is 1.29. The molecular weight excluding hydrogens is 342 g/mol. The molecular formula is C20H27N5O2. The van der Waals surface area contributed by atoms with Gasteiger partial charge in [0.2, 0.25) is 0 Å². The number of fused-ring (bicyclic) bond motifs is 1. The number of aromatic nitrogens is 3. The monoisotopic (exact) mass is 369 g/mol. The van der Waals surface area contributed by atoms with E-state index in [0.717, 1.165) is 44.3 Å². The maximum Gasteiger partial charge on any atom is 0.273 e. The number of hydrogen-bond donors (Lipinski definition) is 2. The lowest BCUT2D eigenvalue weighted by Crippen LogP contribution is -2.30. The highest BCUT2D eigenvalue weighted by atomic mass is 16.5. The molecule has 0 saturated heterocycles. The van der Waals surface area contributed by atoms with E-state index in [9.17, 15) is 4.79 Å². The summed E-state index contributed by atoms with van der Waals surface area (Å²) in [5.74, 6) is 1.15. The molecule has 7 nitrogen and oxygen atoms in total. The van der Waals surface area contributed by atoms with Gasteiger partial charge in [-0.05, 0) is 56.1 Å². The molecule has 4 rings (SSSR count). The number of rotatable bonds is 4. The first-order chi connectivity index (χ1) is 13.2. The summed E-state index contributed by atoms with van der Waals surface area (Å²) in [4.78, 5) is 12.5. The van der Waals surface area contributed by atoms with E-state index >= 15 is 0 Å². The van der Waals surface area contributed by atoms with Crippen LogP contribution in [0.3, 0.4) is 0 Å². The van der Waals surface area contributed by atoms with Gasteiger partial charge < -0.3 is 15.8 Å². The summed E-state index contributed by atoms with van der Waals surface area (Å²) in [7, 11) is 0. The van der Waals surface area contributed by atoms with Crippen LogP contribution in [-0.4, -0.2) is 40.1 Å². The molecule has 1 atom stereocenters. The van der Waals surface area contributed by atoms with Crippen molar-refractivity contribution in [2.75, 3.05) is 13.2 Å². The second-order valence-electron chi connectivity index (χ2n) is 7.68. The van der Waals surface area contributed by atoms with E-state index in [2.05, 4.69) is 21.7 Å². The molecule has 1 aromatic heterocycles. The van der Waals surface area contributed by atoms with Gasteiger partial charge >= 0.3 is 0 Å². The number of amides is 1. The molecule has 0 radical (unpaired) electrons. The maximum atomic E-state index is 12.5. The molecule has 2 aliphatic rings. The Bertz CT molecular complexity index is 782. The first-order valence-corrected chi connectivity index (χ1v) is 9.85. The minimum Gasteiger partial charge on any atom is -0.493 e. The van der Waals surface area contributed by atoms with Crippen molar-refractivity contribution in [2.24, 2.45) is 11.7 Å². The number of ether oxygens (including phenoxy) is 1. The molecule has 1 saturated carbocycles. The fourth-order valence-electron chi connectivity index (χ4n) is 3.99. The van der Waals surface area contributed by atoms with Crippen LogP contribution in [0.25, 0.3) is 0 Å². The Kier molecular flexibility index (Phi) is 5.38. The average Bonchev–Trinajstić information content (AvgIpc) is 3.08. The third kappa shape index (κ3) is 4.30. The van der Waals surface area contributed by atoms with E-state index in [1.54, 1.807) is 6.20 Å². The van der Waals surface area contributed by atoms with Crippen LogP contribution in [0.15, 0.2) is 30.5 Å². The van der Waals surface area contributed by atoms with Crippen molar-refractivity contribution >= 4 is 5.91 Å². The number of nitrogens with one attached hydrogen (secondary N) is 1. The summed E-state index contributed by atoms with van der Waals surface area (Å²) in [5.41, 5.74) is 7.55. The second-order valence-corrected chi connectivity index (χ2v) is 7.68. The lowest BCUT2D eigenvalue weighted by molar-refractivity contribution is 0.0940. The van der Waals surface area contributed by atoms with Gasteiger partial charge in [-0.3, -0.25) is 4.79 Å². The summed E-state index contributed by atoms with van der Waals surface area (Å²) in [6.07, 6.45) is 7.58. The van der Waals surface area contributed by atoms with Crippen LogP contribution in [0.5, 0.6) is 5.75 Å². The fraction of sp³-hybridized carbons (Fsp3) is 0.550. The zero-order chi connectivity index (χ0) is 18.6. The molecule has 1 fully saturated rings. The molecule has 0 bridgehead atoms. The highest BCUT2D eigenvalue weighted by molar-refractivity contribution is 5.91. The maximum absolute atomic E-state index is 12.5. The number of carbonyl (C=O) groups excluding carboxylic acids is 1. The van der Waals surface area contributed by atoms with E-state index in [4.69, 9.17) is 10.5 Å². The molecule has 1 unspecified atom stereocenters. The molecule has 7 heteroatoms. The number of nitrogens with two attached hydrogens (primary N) is 1. The second kappa shape index (κ2) is 8.08. The number of carbonyl (C=O) groups is 1. The Morgan fingerprint density at radius 1 is 1.22 bits per heavy atom. The number of nitrogens with zero attached hydrogens (tertiary/aromatic N) is 3. The van der Waals surface area contributed by atoms with E-state index in [1.165, 1.54) is 5.56 Å². The predicted molar refractivity (Wildman–Crippen MR) is 102 cm³/mol. The van der Waals surface area contributed by atoms with Crippen LogP contribution >= 0.6 is 0 Å². The molecule has 1 aliphatic carbocycles. The lowest BCUT2D eigenvalue weighted by atomic mass is 9.92. The Balaban J connectivity index is 1.32. The zero-order valence-corrected chi connectivity index (χ0v) is 15.5. The molecule has 27 heavy (non-hydrogen) atoms. The number of para-hydroxylation sites is 1. The topological polar surface area (TPSA) is 95.1 Å². The van der Waals surface area contributed by atoms with Crippen molar-refractivity contribution in [1.82, 2.24) is 20.3 Å². The Hall–Kier alpha value is -2.41. The third-order valence-corrected chi connectivity index (χ3v) is 5.67. The molecule has 2 heterocycles. The quantitative estimate of drug-likeness (QED) is 0.860. The Labute approximate surface area is 159 Å². The lowest BCUT2D eigenvalue weighted by Gasteiger charge is -2.25. The molecule has 1 amide bonds. The summed E-state index contributed by atoms with van der Waals surface area (Å²) >= 11 is 0. The first-order valence-electron chi connectivity index (χ1n) is 9.85. The van der Waals surface area contributed by atoms with Crippen LogP contribution in [0.1, 0.15) is 54.2 Å². The SMILES string of the molecule is NC1CCC(n2cc(C(=O)NCC3CCOc4ccccc4C3)nn2)CC1. The van der Waals surface area contributed by atoms with E-state index in [1.807, 2.05) is 22.9 Å². The molecule has 2 aromatic rings. The van der Waals surface area contributed by atoms with E-state index in [0.29, 0.717) is 36.8 Å². The molecule has 3 N–H and O–H groups in total. The zero-order valence-electron chi connectivity index (χ0n) is 15.5. The molecule has 144 valence electrons. The largest absolute Gasteiger partial charge is 0.493 e. The normalized spacial score (nSPS) is 25.1.